The van der Waals surface area contributed by atoms with E-state index in [0.29, 0.717) is 5.92 Å². The minimum absolute atomic E-state index is 0.207. The van der Waals surface area contributed by atoms with Gasteiger partial charge in [0.05, 0.1) is 16.9 Å². The normalized spacial score (nSPS) is 21.1. The number of nitrogens with zero attached hydrogens (tertiary/aromatic N) is 1. The van der Waals surface area contributed by atoms with Crippen molar-refractivity contribution in [2.24, 2.45) is 5.92 Å². The van der Waals surface area contributed by atoms with E-state index in [0.717, 1.165) is 43.8 Å². The van der Waals surface area contributed by atoms with Gasteiger partial charge in [0.2, 0.25) is 0 Å². The lowest BCUT2D eigenvalue weighted by atomic mass is 9.99. The number of nitrogens with two attached hydrogens (primary N) is 1. The maximum atomic E-state index is 12.5. The maximum Gasteiger partial charge on any atom is 0.416 e. The minimum Gasteiger partial charge on any atom is -0.397 e. The minimum atomic E-state index is -4.33. The van der Waals surface area contributed by atoms with Crippen LogP contribution in [0.1, 0.15) is 25.3 Å². The van der Waals surface area contributed by atoms with Crippen molar-refractivity contribution >= 4 is 11.4 Å². The van der Waals surface area contributed by atoms with Crippen LogP contribution >= 0.6 is 0 Å². The van der Waals surface area contributed by atoms with Crippen LogP contribution in [0.15, 0.2) is 18.2 Å². The Morgan fingerprint density at radius 3 is 2.61 bits per heavy atom. The number of halogens is 3. The molecule has 0 spiro atoms. The van der Waals surface area contributed by atoms with Crippen molar-refractivity contribution in [1.82, 2.24) is 0 Å². The molecular weight excluding hydrogens is 241 g/mol. The van der Waals surface area contributed by atoms with Gasteiger partial charge in [-0.25, -0.2) is 0 Å². The van der Waals surface area contributed by atoms with Crippen LogP contribution in [0.2, 0.25) is 0 Å². The van der Waals surface area contributed by atoms with Crippen molar-refractivity contribution < 1.29 is 13.2 Å². The van der Waals surface area contributed by atoms with Crippen molar-refractivity contribution in [2.45, 2.75) is 25.9 Å². The molecule has 18 heavy (non-hydrogen) atoms. The third-order valence-corrected chi connectivity index (χ3v) is 3.35. The van der Waals surface area contributed by atoms with Gasteiger partial charge >= 0.3 is 6.18 Å². The van der Waals surface area contributed by atoms with Gasteiger partial charge in [0.25, 0.3) is 0 Å². The second-order valence-electron chi connectivity index (χ2n) is 4.96. The lowest BCUT2D eigenvalue weighted by molar-refractivity contribution is -0.137. The first-order valence-corrected chi connectivity index (χ1v) is 6.09. The highest BCUT2D eigenvalue weighted by Gasteiger charge is 2.31. The van der Waals surface area contributed by atoms with Gasteiger partial charge in [-0.3, -0.25) is 0 Å². The average molecular weight is 258 g/mol. The van der Waals surface area contributed by atoms with Crippen molar-refractivity contribution in [2.75, 3.05) is 23.7 Å². The van der Waals surface area contributed by atoms with E-state index < -0.39 is 11.7 Å². The van der Waals surface area contributed by atoms with Gasteiger partial charge < -0.3 is 10.6 Å². The zero-order valence-corrected chi connectivity index (χ0v) is 10.3. The molecule has 1 aliphatic heterocycles. The van der Waals surface area contributed by atoms with Gasteiger partial charge in [0.1, 0.15) is 0 Å². The summed E-state index contributed by atoms with van der Waals surface area (Å²) in [6.45, 7) is 3.86. The zero-order chi connectivity index (χ0) is 13.3. The largest absolute Gasteiger partial charge is 0.416 e. The molecule has 1 aliphatic rings. The van der Waals surface area contributed by atoms with Gasteiger partial charge in [0.15, 0.2) is 0 Å². The first-order chi connectivity index (χ1) is 8.38. The Morgan fingerprint density at radius 1 is 1.33 bits per heavy atom. The molecule has 1 aromatic carbocycles. The number of alkyl halides is 3. The fourth-order valence-corrected chi connectivity index (χ4v) is 2.43. The molecule has 0 saturated carbocycles. The first kappa shape index (κ1) is 13.1. The Hall–Kier alpha value is -1.39. The number of nitrogen functional groups attached to an aromatic ring is 1. The average Bonchev–Trinajstić information content (AvgIpc) is 2.27. The van der Waals surface area contributed by atoms with E-state index in [-0.39, 0.29) is 5.69 Å². The second-order valence-corrected chi connectivity index (χ2v) is 4.96. The summed E-state index contributed by atoms with van der Waals surface area (Å²) in [7, 11) is 0. The summed E-state index contributed by atoms with van der Waals surface area (Å²) in [6.07, 6.45) is -2.11. The van der Waals surface area contributed by atoms with E-state index in [1.807, 2.05) is 0 Å². The Labute approximate surface area is 105 Å². The van der Waals surface area contributed by atoms with E-state index in [9.17, 15) is 13.2 Å². The van der Waals surface area contributed by atoms with Gasteiger partial charge in [-0.1, -0.05) is 6.92 Å². The molecule has 2 nitrogen and oxygen atoms in total. The maximum absolute atomic E-state index is 12.5. The van der Waals surface area contributed by atoms with Crippen LogP contribution in [-0.4, -0.2) is 13.1 Å². The molecule has 0 unspecified atom stereocenters. The highest BCUT2D eigenvalue weighted by Crippen LogP contribution is 2.35. The van der Waals surface area contributed by atoms with Crippen LogP contribution < -0.4 is 10.6 Å². The molecule has 100 valence electrons. The lowest BCUT2D eigenvalue weighted by Gasteiger charge is -2.33. The molecule has 0 amide bonds. The van der Waals surface area contributed by atoms with E-state index >= 15 is 0 Å². The summed E-state index contributed by atoms with van der Waals surface area (Å²) in [6, 6.07) is 3.61. The third kappa shape index (κ3) is 2.71. The molecule has 1 saturated heterocycles. The number of benzene rings is 1. The highest BCUT2D eigenvalue weighted by molar-refractivity contribution is 5.68. The van der Waals surface area contributed by atoms with Crippen LogP contribution in [0.4, 0.5) is 24.5 Å². The molecule has 0 aliphatic carbocycles. The molecule has 5 heteroatoms. The summed E-state index contributed by atoms with van der Waals surface area (Å²) >= 11 is 0. The predicted molar refractivity (Wildman–Crippen MR) is 66.5 cm³/mol. The zero-order valence-electron chi connectivity index (χ0n) is 10.3. The van der Waals surface area contributed by atoms with Crippen molar-refractivity contribution in [1.29, 1.82) is 0 Å². The van der Waals surface area contributed by atoms with E-state index in [4.69, 9.17) is 5.73 Å². The molecular formula is C13H17F3N2. The predicted octanol–water partition coefficient (Wildman–Crippen LogP) is 3.52. The van der Waals surface area contributed by atoms with Gasteiger partial charge in [-0.15, -0.1) is 0 Å². The molecule has 1 fully saturated rings. The number of piperidine rings is 1. The SMILES string of the molecule is C[C@H]1CCCN(c2ccc(C(F)(F)F)cc2N)C1. The fourth-order valence-electron chi connectivity index (χ4n) is 2.43. The van der Waals surface area contributed by atoms with Crippen LogP contribution in [0.3, 0.4) is 0 Å². The Balaban J connectivity index is 2.24. The summed E-state index contributed by atoms with van der Waals surface area (Å²) in [5.74, 6) is 0.556. The molecule has 1 aromatic rings. The van der Waals surface area contributed by atoms with Gasteiger partial charge in [0, 0.05) is 13.1 Å². The molecule has 0 radical (unpaired) electrons. The third-order valence-electron chi connectivity index (χ3n) is 3.35. The first-order valence-electron chi connectivity index (χ1n) is 6.09. The summed E-state index contributed by atoms with van der Waals surface area (Å²) in [4.78, 5) is 2.07. The molecule has 2 rings (SSSR count). The number of hydrogen-bond acceptors (Lipinski definition) is 2. The molecule has 2 N–H and O–H groups in total. The number of anilines is 2. The summed E-state index contributed by atoms with van der Waals surface area (Å²) in [5.41, 5.74) is 5.99. The topological polar surface area (TPSA) is 29.3 Å². The number of rotatable bonds is 1. The van der Waals surface area contributed by atoms with E-state index in [2.05, 4.69) is 11.8 Å². The standard InChI is InChI=1S/C13H17F3N2/c1-9-3-2-6-18(8-9)12-5-4-10(7-11(12)17)13(14,15)16/h4-5,7,9H,2-3,6,8,17H2,1H3/t9-/m0/s1. The Kier molecular flexibility index (Phi) is 3.41. The van der Waals surface area contributed by atoms with E-state index in [1.165, 1.54) is 6.07 Å². The quantitative estimate of drug-likeness (QED) is 0.781. The van der Waals surface area contributed by atoms with Crippen LogP contribution in [-0.2, 0) is 6.18 Å². The molecule has 0 aromatic heterocycles. The molecule has 1 heterocycles. The van der Waals surface area contributed by atoms with Crippen molar-refractivity contribution in [3.63, 3.8) is 0 Å². The summed E-state index contributed by atoms with van der Waals surface area (Å²) < 4.78 is 37.6. The van der Waals surface area contributed by atoms with E-state index in [1.54, 1.807) is 0 Å². The monoisotopic (exact) mass is 258 g/mol. The lowest BCUT2D eigenvalue weighted by Crippen LogP contribution is -2.34. The molecule has 0 bridgehead atoms. The fraction of sp³-hybridized carbons (Fsp3) is 0.538. The Morgan fingerprint density at radius 2 is 2.06 bits per heavy atom. The van der Waals surface area contributed by atoms with Gasteiger partial charge in [-0.2, -0.15) is 13.2 Å². The van der Waals surface area contributed by atoms with Crippen LogP contribution in [0.5, 0.6) is 0 Å². The van der Waals surface area contributed by atoms with Gasteiger partial charge in [-0.05, 0) is 37.0 Å². The highest BCUT2D eigenvalue weighted by atomic mass is 19.4. The Bertz CT molecular complexity index is 429. The van der Waals surface area contributed by atoms with Crippen molar-refractivity contribution in [3.05, 3.63) is 23.8 Å². The van der Waals surface area contributed by atoms with Crippen LogP contribution in [0, 0.1) is 5.92 Å². The number of hydrogen-bond donors (Lipinski definition) is 1. The molecule has 1 atom stereocenters. The second kappa shape index (κ2) is 4.71. The van der Waals surface area contributed by atoms with Crippen LogP contribution in [0.25, 0.3) is 0 Å². The smallest absolute Gasteiger partial charge is 0.397 e. The summed E-state index contributed by atoms with van der Waals surface area (Å²) in [5, 5.41) is 0. The van der Waals surface area contributed by atoms with Crippen molar-refractivity contribution in [3.8, 4) is 0 Å².